The third kappa shape index (κ3) is 5.37. The fraction of sp³-hybridized carbons (Fsp3) is 0.300. The minimum Gasteiger partial charge on any atom is -0.469 e. The van der Waals surface area contributed by atoms with Gasteiger partial charge in [-0.05, 0) is 24.1 Å². The monoisotopic (exact) mass is 368 g/mol. The number of hydrogen-bond acceptors (Lipinski definition) is 6. The van der Waals surface area contributed by atoms with Gasteiger partial charge in [-0.15, -0.1) is 0 Å². The molecule has 0 bridgehead atoms. The number of carbonyl (C=O) groups excluding carboxylic acids is 2. The van der Waals surface area contributed by atoms with Crippen LogP contribution in [0.2, 0.25) is 0 Å². The molecule has 1 amide bonds. The van der Waals surface area contributed by atoms with Crippen molar-refractivity contribution in [2.45, 2.75) is 12.8 Å². The molecule has 27 heavy (non-hydrogen) atoms. The summed E-state index contributed by atoms with van der Waals surface area (Å²) < 4.78 is 4.70. The van der Waals surface area contributed by atoms with Gasteiger partial charge in [0.2, 0.25) is 11.9 Å². The van der Waals surface area contributed by atoms with E-state index in [9.17, 15) is 9.59 Å². The van der Waals surface area contributed by atoms with E-state index in [4.69, 9.17) is 4.74 Å². The Kier molecular flexibility index (Phi) is 7.05. The SMILES string of the molecule is C=C(CCC(=O)OC)c1ccccc1N(CC(=O)N(C)C)c1ncccn1. The molecule has 0 saturated carbocycles. The van der Waals surface area contributed by atoms with E-state index in [1.165, 1.54) is 12.0 Å². The van der Waals surface area contributed by atoms with Crippen LogP contribution in [0.3, 0.4) is 0 Å². The quantitative estimate of drug-likeness (QED) is 0.667. The first-order valence-corrected chi connectivity index (χ1v) is 8.52. The van der Waals surface area contributed by atoms with Gasteiger partial charge in [-0.1, -0.05) is 24.8 Å². The van der Waals surface area contributed by atoms with E-state index in [1.54, 1.807) is 37.5 Å². The summed E-state index contributed by atoms with van der Waals surface area (Å²) in [5.74, 6) is 0.0398. The lowest BCUT2D eigenvalue weighted by Gasteiger charge is -2.26. The van der Waals surface area contributed by atoms with Crippen LogP contribution in [0.5, 0.6) is 0 Å². The number of amides is 1. The van der Waals surface area contributed by atoms with Crippen LogP contribution in [0.15, 0.2) is 49.3 Å². The number of likely N-dealkylation sites (N-methyl/N-ethyl adjacent to an activating group) is 1. The molecule has 0 aliphatic carbocycles. The molecule has 0 aliphatic heterocycles. The highest BCUT2D eigenvalue weighted by Gasteiger charge is 2.21. The Labute approximate surface area is 159 Å². The summed E-state index contributed by atoms with van der Waals surface area (Å²) in [5.41, 5.74) is 2.36. The molecule has 1 aromatic heterocycles. The number of nitrogens with zero attached hydrogens (tertiary/aromatic N) is 4. The lowest BCUT2D eigenvalue weighted by atomic mass is 10.00. The summed E-state index contributed by atoms with van der Waals surface area (Å²) in [6.07, 6.45) is 3.95. The Hall–Kier alpha value is -3.22. The van der Waals surface area contributed by atoms with E-state index < -0.39 is 0 Å². The predicted octanol–water partition coefficient (Wildman–Crippen LogP) is 2.67. The van der Waals surface area contributed by atoms with Gasteiger partial charge in [0.15, 0.2) is 0 Å². The van der Waals surface area contributed by atoms with Crippen molar-refractivity contribution in [3.8, 4) is 0 Å². The normalized spacial score (nSPS) is 10.2. The maximum atomic E-state index is 12.4. The minimum atomic E-state index is -0.292. The number of hydrogen-bond donors (Lipinski definition) is 0. The molecule has 0 unspecified atom stereocenters. The van der Waals surface area contributed by atoms with Gasteiger partial charge < -0.3 is 14.5 Å². The van der Waals surface area contributed by atoms with E-state index in [-0.39, 0.29) is 24.8 Å². The summed E-state index contributed by atoms with van der Waals surface area (Å²) in [4.78, 5) is 35.7. The summed E-state index contributed by atoms with van der Waals surface area (Å²) >= 11 is 0. The van der Waals surface area contributed by atoms with Gasteiger partial charge in [0.1, 0.15) is 6.54 Å². The van der Waals surface area contributed by atoms with Crippen LogP contribution in [-0.2, 0) is 14.3 Å². The van der Waals surface area contributed by atoms with Crippen molar-refractivity contribution >= 4 is 29.1 Å². The van der Waals surface area contributed by atoms with Gasteiger partial charge in [0, 0.05) is 38.5 Å². The van der Waals surface area contributed by atoms with Crippen molar-refractivity contribution < 1.29 is 14.3 Å². The lowest BCUT2D eigenvalue weighted by molar-refractivity contribution is -0.140. The van der Waals surface area contributed by atoms with Crippen molar-refractivity contribution in [3.63, 3.8) is 0 Å². The standard InChI is InChI=1S/C20H24N4O3/c1-15(10-11-19(26)27-4)16-8-5-6-9-17(16)24(14-18(25)23(2)3)20-21-12-7-13-22-20/h5-9,12-13H,1,10-11,14H2,2-4H3. The molecule has 0 aliphatic rings. The van der Waals surface area contributed by atoms with E-state index in [1.807, 2.05) is 24.3 Å². The first-order valence-electron chi connectivity index (χ1n) is 8.52. The molecule has 142 valence electrons. The molecule has 7 nitrogen and oxygen atoms in total. The zero-order valence-electron chi connectivity index (χ0n) is 15.9. The smallest absolute Gasteiger partial charge is 0.305 e. The minimum absolute atomic E-state index is 0.0817. The summed E-state index contributed by atoms with van der Waals surface area (Å²) in [7, 11) is 4.77. The number of carbonyl (C=O) groups is 2. The Morgan fingerprint density at radius 3 is 2.37 bits per heavy atom. The van der Waals surface area contributed by atoms with Crippen LogP contribution in [0.1, 0.15) is 18.4 Å². The van der Waals surface area contributed by atoms with Crippen molar-refractivity contribution in [3.05, 3.63) is 54.9 Å². The van der Waals surface area contributed by atoms with E-state index in [0.29, 0.717) is 12.4 Å². The number of para-hydroxylation sites is 1. The number of methoxy groups -OCH3 is 1. The second kappa shape index (κ2) is 9.47. The Morgan fingerprint density at radius 2 is 1.74 bits per heavy atom. The maximum absolute atomic E-state index is 12.4. The fourth-order valence-corrected chi connectivity index (χ4v) is 2.47. The van der Waals surface area contributed by atoms with Gasteiger partial charge >= 0.3 is 5.97 Å². The lowest BCUT2D eigenvalue weighted by Crippen LogP contribution is -2.35. The summed E-state index contributed by atoms with van der Waals surface area (Å²) in [5, 5.41) is 0. The topological polar surface area (TPSA) is 75.6 Å². The molecule has 2 rings (SSSR count). The Morgan fingerprint density at radius 1 is 1.07 bits per heavy atom. The molecule has 0 N–H and O–H groups in total. The first-order chi connectivity index (χ1) is 12.9. The molecule has 0 fully saturated rings. The summed E-state index contributed by atoms with van der Waals surface area (Å²) in [6, 6.07) is 9.28. The van der Waals surface area contributed by atoms with Crippen LogP contribution >= 0.6 is 0 Å². The van der Waals surface area contributed by atoms with Crippen molar-refractivity contribution in [1.82, 2.24) is 14.9 Å². The molecular formula is C20H24N4O3. The van der Waals surface area contributed by atoms with E-state index >= 15 is 0 Å². The van der Waals surface area contributed by atoms with Crippen molar-refractivity contribution in [2.75, 3.05) is 32.6 Å². The molecule has 0 spiro atoms. The molecule has 1 aromatic carbocycles. The van der Waals surface area contributed by atoms with E-state index in [0.717, 1.165) is 16.8 Å². The first kappa shape index (κ1) is 20.1. The Bertz CT molecular complexity index is 806. The maximum Gasteiger partial charge on any atom is 0.305 e. The number of rotatable bonds is 8. The highest BCUT2D eigenvalue weighted by atomic mass is 16.5. The molecule has 1 heterocycles. The second-order valence-electron chi connectivity index (χ2n) is 6.12. The fourth-order valence-electron chi connectivity index (χ4n) is 2.47. The third-order valence-electron chi connectivity index (χ3n) is 4.02. The van der Waals surface area contributed by atoms with Gasteiger partial charge in [-0.2, -0.15) is 0 Å². The largest absolute Gasteiger partial charge is 0.469 e. The van der Waals surface area contributed by atoms with Gasteiger partial charge in [-0.3, -0.25) is 9.59 Å². The van der Waals surface area contributed by atoms with Gasteiger partial charge in [0.05, 0.1) is 12.8 Å². The second-order valence-corrected chi connectivity index (χ2v) is 6.12. The number of esters is 1. The summed E-state index contributed by atoms with van der Waals surface area (Å²) in [6.45, 7) is 4.19. The zero-order chi connectivity index (χ0) is 19.8. The number of aromatic nitrogens is 2. The van der Waals surface area contributed by atoms with Crippen LogP contribution in [-0.4, -0.2) is 54.5 Å². The average molecular weight is 368 g/mol. The number of allylic oxidation sites excluding steroid dienone is 1. The number of benzene rings is 1. The molecule has 0 saturated heterocycles. The van der Waals surface area contributed by atoms with Crippen LogP contribution in [0.4, 0.5) is 11.6 Å². The Balaban J connectivity index is 2.39. The van der Waals surface area contributed by atoms with Crippen LogP contribution < -0.4 is 4.90 Å². The zero-order valence-corrected chi connectivity index (χ0v) is 15.9. The molecule has 7 heteroatoms. The van der Waals surface area contributed by atoms with Gasteiger partial charge in [-0.25, -0.2) is 9.97 Å². The highest BCUT2D eigenvalue weighted by Crippen LogP contribution is 2.32. The average Bonchev–Trinajstić information content (AvgIpc) is 2.70. The molecule has 0 radical (unpaired) electrons. The highest BCUT2D eigenvalue weighted by molar-refractivity contribution is 5.86. The number of anilines is 2. The predicted molar refractivity (Wildman–Crippen MR) is 104 cm³/mol. The molecule has 2 aromatic rings. The third-order valence-corrected chi connectivity index (χ3v) is 4.02. The molecule has 0 atom stereocenters. The van der Waals surface area contributed by atoms with Crippen LogP contribution in [0.25, 0.3) is 5.57 Å². The van der Waals surface area contributed by atoms with Gasteiger partial charge in [0.25, 0.3) is 0 Å². The van der Waals surface area contributed by atoms with E-state index in [2.05, 4.69) is 16.5 Å². The van der Waals surface area contributed by atoms with Crippen molar-refractivity contribution in [1.29, 1.82) is 0 Å². The molecular weight excluding hydrogens is 344 g/mol. The van der Waals surface area contributed by atoms with Crippen LogP contribution in [0, 0.1) is 0 Å². The van der Waals surface area contributed by atoms with Crippen molar-refractivity contribution in [2.24, 2.45) is 0 Å². The number of ether oxygens (including phenoxy) is 1.